The van der Waals surface area contributed by atoms with E-state index in [0.717, 1.165) is 0 Å². The lowest BCUT2D eigenvalue weighted by atomic mass is 9.98. The molecular formula is C60H41NSSi. The van der Waals surface area contributed by atoms with Gasteiger partial charge in [0.1, 0.15) is 0 Å². The topological polar surface area (TPSA) is 4.93 Å². The van der Waals surface area contributed by atoms with E-state index in [1.54, 1.807) is 0 Å². The molecule has 12 rings (SSSR count). The maximum atomic E-state index is 2.46. The Bertz CT molecular complexity index is 3510. The Morgan fingerprint density at radius 3 is 1.38 bits per heavy atom. The Morgan fingerprint density at radius 2 is 0.714 bits per heavy atom. The summed E-state index contributed by atoms with van der Waals surface area (Å²) in [6.07, 6.45) is 0. The molecule has 10 aromatic carbocycles. The number of hydrogen-bond donors (Lipinski definition) is 0. The lowest BCUT2D eigenvalue weighted by Crippen LogP contribution is -2.74. The van der Waals surface area contributed by atoms with Gasteiger partial charge in [0.2, 0.25) is 0 Å². The highest BCUT2D eigenvalue weighted by Gasteiger charge is 2.41. The first kappa shape index (κ1) is 37.2. The Labute approximate surface area is 372 Å². The van der Waals surface area contributed by atoms with Crippen LogP contribution in [0.25, 0.3) is 81.0 Å². The van der Waals surface area contributed by atoms with E-state index in [-0.39, 0.29) is 0 Å². The highest BCUT2D eigenvalue weighted by Crippen LogP contribution is 2.40. The standard InChI is InChI=1S/C60H41NSSi/c1-5-17-42(18-6-1)46-31-34-58-54(39-46)53-29-13-14-30-57(53)61(58)48-33-36-60-56(41-48)55-40-47(32-35-59(55)62-60)44-20-15-19-43(37-44)45-21-16-28-52(38-45)63(49-22-7-2-8-23-49,50-24-9-3-10-25-50)51-26-11-4-12-27-51/h1-41H. The molecule has 2 heterocycles. The minimum atomic E-state index is -2.66. The van der Waals surface area contributed by atoms with Crippen molar-refractivity contribution in [2.75, 3.05) is 0 Å². The first-order valence-corrected chi connectivity index (χ1v) is 24.5. The van der Waals surface area contributed by atoms with Crippen LogP contribution in [-0.4, -0.2) is 12.6 Å². The molecule has 12 aromatic rings. The molecule has 0 spiro atoms. The third kappa shape index (κ3) is 6.28. The van der Waals surface area contributed by atoms with E-state index in [4.69, 9.17) is 0 Å². The van der Waals surface area contributed by atoms with Crippen LogP contribution in [0.1, 0.15) is 0 Å². The zero-order chi connectivity index (χ0) is 41.7. The molecule has 0 saturated heterocycles. The van der Waals surface area contributed by atoms with Crippen molar-refractivity contribution in [1.82, 2.24) is 4.57 Å². The summed E-state index contributed by atoms with van der Waals surface area (Å²) in [5.41, 5.74) is 10.9. The predicted octanol–water partition coefficient (Wildman–Crippen LogP) is 13.5. The van der Waals surface area contributed by atoms with Gasteiger partial charge in [0.05, 0.1) is 11.0 Å². The number of fused-ring (bicyclic) bond motifs is 6. The van der Waals surface area contributed by atoms with Crippen molar-refractivity contribution < 1.29 is 0 Å². The molecule has 3 heteroatoms. The molecule has 0 aliphatic heterocycles. The molecule has 0 aliphatic rings. The molecule has 0 N–H and O–H groups in total. The van der Waals surface area contributed by atoms with E-state index in [9.17, 15) is 0 Å². The molecule has 0 bridgehead atoms. The van der Waals surface area contributed by atoms with Crippen LogP contribution < -0.4 is 20.7 Å². The van der Waals surface area contributed by atoms with E-state index in [1.165, 1.54) is 102 Å². The van der Waals surface area contributed by atoms with Gasteiger partial charge in [0, 0.05) is 36.6 Å². The highest BCUT2D eigenvalue weighted by molar-refractivity contribution is 7.25. The van der Waals surface area contributed by atoms with Crippen LogP contribution in [-0.2, 0) is 0 Å². The zero-order valence-corrected chi connectivity index (χ0v) is 36.3. The first-order valence-electron chi connectivity index (χ1n) is 21.7. The largest absolute Gasteiger partial charge is 0.309 e. The van der Waals surface area contributed by atoms with Crippen LogP contribution in [0.4, 0.5) is 0 Å². The van der Waals surface area contributed by atoms with Crippen LogP contribution in [0.15, 0.2) is 249 Å². The molecule has 296 valence electrons. The monoisotopic (exact) mass is 835 g/mol. The maximum absolute atomic E-state index is 2.66. The van der Waals surface area contributed by atoms with E-state index >= 15 is 0 Å². The molecule has 2 aromatic heterocycles. The van der Waals surface area contributed by atoms with Crippen molar-refractivity contribution in [2.24, 2.45) is 0 Å². The number of para-hydroxylation sites is 1. The second kappa shape index (κ2) is 15.4. The normalized spacial score (nSPS) is 11.8. The highest BCUT2D eigenvalue weighted by atomic mass is 32.1. The van der Waals surface area contributed by atoms with Crippen molar-refractivity contribution in [3.8, 4) is 39.1 Å². The summed E-state index contributed by atoms with van der Waals surface area (Å²) in [5, 5.41) is 10.6. The van der Waals surface area contributed by atoms with Crippen molar-refractivity contribution in [1.29, 1.82) is 0 Å². The van der Waals surface area contributed by atoms with Gasteiger partial charge < -0.3 is 4.57 Å². The van der Waals surface area contributed by atoms with Gasteiger partial charge in [0.25, 0.3) is 0 Å². The fraction of sp³-hybridized carbons (Fsp3) is 0. The van der Waals surface area contributed by atoms with Gasteiger partial charge in [-0.2, -0.15) is 0 Å². The number of rotatable bonds is 8. The third-order valence-electron chi connectivity index (χ3n) is 12.9. The van der Waals surface area contributed by atoms with E-state index < -0.39 is 8.07 Å². The molecule has 0 aliphatic carbocycles. The Balaban J connectivity index is 0.959. The van der Waals surface area contributed by atoms with Crippen LogP contribution in [0.2, 0.25) is 0 Å². The van der Waals surface area contributed by atoms with Crippen LogP contribution >= 0.6 is 11.3 Å². The first-order chi connectivity index (χ1) is 31.2. The summed E-state index contributed by atoms with van der Waals surface area (Å²) >= 11 is 1.87. The molecule has 63 heavy (non-hydrogen) atoms. The Hall–Kier alpha value is -7.56. The third-order valence-corrected chi connectivity index (χ3v) is 18.9. The van der Waals surface area contributed by atoms with E-state index in [2.05, 4.69) is 253 Å². The van der Waals surface area contributed by atoms with E-state index in [0.29, 0.717) is 0 Å². The molecule has 0 amide bonds. The average Bonchev–Trinajstić information content (AvgIpc) is 3.90. The number of nitrogens with zero attached hydrogens (tertiary/aromatic N) is 1. The van der Waals surface area contributed by atoms with Gasteiger partial charge in [-0.15, -0.1) is 11.3 Å². The molecule has 0 atom stereocenters. The number of hydrogen-bond acceptors (Lipinski definition) is 1. The lowest BCUT2D eigenvalue weighted by Gasteiger charge is -2.34. The Morgan fingerprint density at radius 1 is 0.270 bits per heavy atom. The molecule has 1 nitrogen and oxygen atoms in total. The number of aromatic nitrogens is 1. The predicted molar refractivity (Wildman–Crippen MR) is 274 cm³/mol. The fourth-order valence-corrected chi connectivity index (χ4v) is 15.9. The summed E-state index contributed by atoms with van der Waals surface area (Å²) in [5.74, 6) is 0. The molecular weight excluding hydrogens is 795 g/mol. The smallest absolute Gasteiger partial charge is 0.179 e. The van der Waals surface area contributed by atoms with Crippen molar-refractivity contribution >= 4 is 82.1 Å². The van der Waals surface area contributed by atoms with Gasteiger partial charge in [-0.05, 0) is 109 Å². The second-order valence-electron chi connectivity index (χ2n) is 16.5. The van der Waals surface area contributed by atoms with Gasteiger partial charge in [-0.3, -0.25) is 0 Å². The van der Waals surface area contributed by atoms with Gasteiger partial charge >= 0.3 is 0 Å². The molecule has 0 radical (unpaired) electrons. The lowest BCUT2D eigenvalue weighted by molar-refractivity contribution is 1.19. The minimum Gasteiger partial charge on any atom is -0.309 e. The fourth-order valence-electron chi connectivity index (χ4n) is 10.0. The van der Waals surface area contributed by atoms with E-state index in [1.807, 2.05) is 11.3 Å². The van der Waals surface area contributed by atoms with Crippen LogP contribution in [0.3, 0.4) is 0 Å². The Kier molecular flexibility index (Phi) is 9.10. The van der Waals surface area contributed by atoms with Crippen LogP contribution in [0.5, 0.6) is 0 Å². The van der Waals surface area contributed by atoms with Crippen molar-refractivity contribution in [3.05, 3.63) is 249 Å². The van der Waals surface area contributed by atoms with Gasteiger partial charge in [-0.25, -0.2) is 0 Å². The minimum absolute atomic E-state index is 1.18. The average molecular weight is 836 g/mol. The number of benzene rings is 10. The van der Waals surface area contributed by atoms with Crippen molar-refractivity contribution in [2.45, 2.75) is 0 Å². The van der Waals surface area contributed by atoms with Gasteiger partial charge in [0.15, 0.2) is 8.07 Å². The zero-order valence-electron chi connectivity index (χ0n) is 34.5. The summed E-state index contributed by atoms with van der Waals surface area (Å²) in [4.78, 5) is 0. The van der Waals surface area contributed by atoms with Crippen LogP contribution in [0, 0.1) is 0 Å². The summed E-state index contributed by atoms with van der Waals surface area (Å²) in [6, 6.07) is 92.4. The SMILES string of the molecule is c1ccc(-c2ccc3c(c2)c2ccccc2n3-c2ccc3sc4ccc(-c5cccc(-c6cccc([Si](c7ccccc7)(c7ccccc7)c7ccccc7)c6)c5)cc4c3c2)cc1. The number of thiophene rings is 1. The van der Waals surface area contributed by atoms with Crippen molar-refractivity contribution in [3.63, 3.8) is 0 Å². The second-order valence-corrected chi connectivity index (χ2v) is 21.3. The summed E-state index contributed by atoms with van der Waals surface area (Å²) in [6.45, 7) is 0. The molecule has 0 saturated carbocycles. The summed E-state index contributed by atoms with van der Waals surface area (Å²) < 4.78 is 5.04. The molecule has 0 unspecified atom stereocenters. The summed E-state index contributed by atoms with van der Waals surface area (Å²) in [7, 11) is -2.66. The maximum Gasteiger partial charge on any atom is 0.179 e. The quantitative estimate of drug-likeness (QED) is 0.106. The molecule has 0 fully saturated rings. The van der Waals surface area contributed by atoms with Gasteiger partial charge in [-0.1, -0.05) is 194 Å².